The van der Waals surface area contributed by atoms with Crippen LogP contribution in [0.3, 0.4) is 0 Å². The molecule has 1 amide bonds. The Labute approximate surface area is 159 Å². The first-order chi connectivity index (χ1) is 13.3. The van der Waals surface area contributed by atoms with Gasteiger partial charge in [-0.25, -0.2) is 0 Å². The number of ether oxygens (including phenoxy) is 3. The van der Waals surface area contributed by atoms with Crippen molar-refractivity contribution in [2.45, 2.75) is 19.2 Å². The van der Waals surface area contributed by atoms with E-state index in [0.717, 1.165) is 38.4 Å². The second-order valence-electron chi connectivity index (χ2n) is 6.79. The molecule has 1 atom stereocenters. The molecule has 0 aromatic heterocycles. The summed E-state index contributed by atoms with van der Waals surface area (Å²) in [4.78, 5) is 14.8. The quantitative estimate of drug-likeness (QED) is 0.875. The van der Waals surface area contributed by atoms with Crippen LogP contribution in [0.5, 0.6) is 11.5 Å². The molecule has 0 radical (unpaired) electrons. The lowest BCUT2D eigenvalue weighted by atomic mass is 10.1. The van der Waals surface area contributed by atoms with Crippen molar-refractivity contribution < 1.29 is 19.0 Å². The van der Waals surface area contributed by atoms with E-state index in [-0.39, 0.29) is 12.5 Å². The number of carbonyl (C=O) groups is 1. The summed E-state index contributed by atoms with van der Waals surface area (Å²) in [6.07, 6.45) is -0.628. The molecule has 0 spiro atoms. The molecule has 0 unspecified atom stereocenters. The first kappa shape index (κ1) is 17.8. The van der Waals surface area contributed by atoms with Gasteiger partial charge in [0.15, 0.2) is 11.5 Å². The third-order valence-corrected chi connectivity index (χ3v) is 4.77. The van der Waals surface area contributed by atoms with Gasteiger partial charge in [-0.15, -0.1) is 0 Å². The first-order valence-electron chi connectivity index (χ1n) is 9.32. The molecule has 2 aliphatic rings. The number of rotatable bonds is 5. The van der Waals surface area contributed by atoms with E-state index in [1.54, 1.807) is 0 Å². The number of carbonyl (C=O) groups excluding carboxylic acids is 1. The second-order valence-corrected chi connectivity index (χ2v) is 6.79. The molecular formula is C21H24N2O4. The lowest BCUT2D eigenvalue weighted by Gasteiger charge is -2.27. The third-order valence-electron chi connectivity index (χ3n) is 4.77. The van der Waals surface area contributed by atoms with Crippen LogP contribution in [0.4, 0.5) is 0 Å². The van der Waals surface area contributed by atoms with Crippen LogP contribution in [-0.4, -0.2) is 49.8 Å². The number of fused-ring (bicyclic) bond motifs is 1. The highest BCUT2D eigenvalue weighted by molar-refractivity contribution is 5.81. The lowest BCUT2D eigenvalue weighted by molar-refractivity contribution is -0.130. The highest BCUT2D eigenvalue weighted by Crippen LogP contribution is 2.30. The number of nitrogens with one attached hydrogen (secondary N) is 1. The van der Waals surface area contributed by atoms with E-state index in [2.05, 4.69) is 22.3 Å². The number of hydrogen-bond donors (Lipinski definition) is 1. The Bertz CT molecular complexity index is 789. The molecule has 2 aliphatic heterocycles. The van der Waals surface area contributed by atoms with E-state index in [9.17, 15) is 4.79 Å². The average Bonchev–Trinajstić information content (AvgIpc) is 2.73. The molecule has 2 aromatic rings. The summed E-state index contributed by atoms with van der Waals surface area (Å²) < 4.78 is 16.8. The number of hydrogen-bond acceptors (Lipinski definition) is 5. The van der Waals surface area contributed by atoms with E-state index in [0.29, 0.717) is 18.0 Å². The van der Waals surface area contributed by atoms with Crippen LogP contribution in [0.2, 0.25) is 0 Å². The normalized spacial score (nSPS) is 19.5. The van der Waals surface area contributed by atoms with Crippen LogP contribution >= 0.6 is 0 Å². The zero-order valence-corrected chi connectivity index (χ0v) is 15.2. The summed E-state index contributed by atoms with van der Waals surface area (Å²) in [5, 5.41) is 2.95. The van der Waals surface area contributed by atoms with Gasteiger partial charge in [-0.1, -0.05) is 36.4 Å². The van der Waals surface area contributed by atoms with Gasteiger partial charge in [-0.05, 0) is 23.3 Å². The van der Waals surface area contributed by atoms with Crippen molar-refractivity contribution >= 4 is 5.91 Å². The Morgan fingerprint density at radius 1 is 1.04 bits per heavy atom. The van der Waals surface area contributed by atoms with Crippen LogP contribution in [-0.2, 0) is 22.6 Å². The number of morpholine rings is 1. The number of benzene rings is 2. The van der Waals surface area contributed by atoms with Gasteiger partial charge < -0.3 is 19.5 Å². The number of para-hydroxylation sites is 2. The maximum absolute atomic E-state index is 12.4. The van der Waals surface area contributed by atoms with Gasteiger partial charge in [-0.2, -0.15) is 0 Å². The van der Waals surface area contributed by atoms with Crippen molar-refractivity contribution in [1.82, 2.24) is 10.2 Å². The highest BCUT2D eigenvalue weighted by Gasteiger charge is 2.26. The van der Waals surface area contributed by atoms with Crippen LogP contribution in [0.15, 0.2) is 48.5 Å². The molecule has 6 nitrogen and oxygen atoms in total. The molecule has 1 fully saturated rings. The average molecular weight is 368 g/mol. The molecule has 0 saturated carbocycles. The van der Waals surface area contributed by atoms with Gasteiger partial charge in [0.1, 0.15) is 6.61 Å². The number of nitrogens with zero attached hydrogens (tertiary/aromatic N) is 1. The summed E-state index contributed by atoms with van der Waals surface area (Å²) in [7, 11) is 0. The van der Waals surface area contributed by atoms with E-state index in [1.807, 2.05) is 36.4 Å². The van der Waals surface area contributed by atoms with Gasteiger partial charge in [0.25, 0.3) is 5.91 Å². The van der Waals surface area contributed by atoms with Crippen molar-refractivity contribution in [3.8, 4) is 11.5 Å². The van der Waals surface area contributed by atoms with Gasteiger partial charge in [0, 0.05) is 26.2 Å². The second kappa shape index (κ2) is 8.41. The maximum atomic E-state index is 12.4. The van der Waals surface area contributed by atoms with Crippen molar-refractivity contribution in [3.05, 3.63) is 59.7 Å². The molecule has 6 heteroatoms. The van der Waals surface area contributed by atoms with Crippen LogP contribution < -0.4 is 14.8 Å². The first-order valence-corrected chi connectivity index (χ1v) is 9.32. The maximum Gasteiger partial charge on any atom is 0.264 e. The zero-order valence-electron chi connectivity index (χ0n) is 15.2. The van der Waals surface area contributed by atoms with Crippen LogP contribution in [0.25, 0.3) is 0 Å². The molecule has 27 heavy (non-hydrogen) atoms. The third kappa shape index (κ3) is 4.59. The molecule has 2 aromatic carbocycles. The van der Waals surface area contributed by atoms with E-state index >= 15 is 0 Å². The molecule has 0 aliphatic carbocycles. The molecule has 2 heterocycles. The monoisotopic (exact) mass is 368 g/mol. The minimum absolute atomic E-state index is 0.164. The molecular weight excluding hydrogens is 344 g/mol. The lowest BCUT2D eigenvalue weighted by Crippen LogP contribution is -2.43. The van der Waals surface area contributed by atoms with E-state index in [1.165, 1.54) is 5.56 Å². The minimum atomic E-state index is -0.628. The Hall–Kier alpha value is -2.57. The molecule has 4 rings (SSSR count). The van der Waals surface area contributed by atoms with Gasteiger partial charge in [0.05, 0.1) is 13.2 Å². The molecule has 142 valence electrons. The van der Waals surface area contributed by atoms with Gasteiger partial charge in [-0.3, -0.25) is 9.69 Å². The fourth-order valence-corrected chi connectivity index (χ4v) is 3.31. The largest absolute Gasteiger partial charge is 0.485 e. The van der Waals surface area contributed by atoms with Crippen LogP contribution in [0, 0.1) is 0 Å². The van der Waals surface area contributed by atoms with Crippen molar-refractivity contribution in [2.24, 2.45) is 0 Å². The Morgan fingerprint density at radius 2 is 1.81 bits per heavy atom. The standard InChI is InChI=1S/C21H24N2O4/c24-21(20-15-26-18-6-1-2-7-19(18)27-20)22-13-16-4-3-5-17(12-16)14-23-8-10-25-11-9-23/h1-7,12,20H,8-11,13-15H2,(H,22,24)/t20-/m1/s1. The summed E-state index contributed by atoms with van der Waals surface area (Å²) in [6, 6.07) is 15.7. The Balaban J connectivity index is 1.31. The van der Waals surface area contributed by atoms with Crippen LogP contribution in [0.1, 0.15) is 11.1 Å². The SMILES string of the molecule is O=C(NCc1cccc(CN2CCOCC2)c1)[C@H]1COc2ccccc2O1. The molecule has 0 bridgehead atoms. The van der Waals surface area contributed by atoms with Crippen molar-refractivity contribution in [1.29, 1.82) is 0 Å². The Morgan fingerprint density at radius 3 is 2.67 bits per heavy atom. The van der Waals surface area contributed by atoms with E-state index in [4.69, 9.17) is 14.2 Å². The Kier molecular flexibility index (Phi) is 5.55. The zero-order chi connectivity index (χ0) is 18.5. The molecule has 1 saturated heterocycles. The van der Waals surface area contributed by atoms with Gasteiger partial charge in [0.2, 0.25) is 6.10 Å². The number of amides is 1. The predicted molar refractivity (Wildman–Crippen MR) is 101 cm³/mol. The van der Waals surface area contributed by atoms with Crippen molar-refractivity contribution in [2.75, 3.05) is 32.9 Å². The molecule has 1 N–H and O–H groups in total. The van der Waals surface area contributed by atoms with Crippen molar-refractivity contribution in [3.63, 3.8) is 0 Å². The predicted octanol–water partition coefficient (Wildman–Crippen LogP) is 1.97. The summed E-state index contributed by atoms with van der Waals surface area (Å²) in [5.74, 6) is 1.12. The fraction of sp³-hybridized carbons (Fsp3) is 0.381. The smallest absolute Gasteiger partial charge is 0.264 e. The highest BCUT2D eigenvalue weighted by atomic mass is 16.6. The summed E-state index contributed by atoms with van der Waals surface area (Å²) in [6.45, 7) is 5.10. The minimum Gasteiger partial charge on any atom is -0.485 e. The topological polar surface area (TPSA) is 60.0 Å². The fourth-order valence-electron chi connectivity index (χ4n) is 3.31. The van der Waals surface area contributed by atoms with E-state index < -0.39 is 6.10 Å². The summed E-state index contributed by atoms with van der Waals surface area (Å²) in [5.41, 5.74) is 2.32. The van der Waals surface area contributed by atoms with Gasteiger partial charge >= 0.3 is 0 Å². The summed E-state index contributed by atoms with van der Waals surface area (Å²) >= 11 is 0.